The third kappa shape index (κ3) is 4.57. The van der Waals surface area contributed by atoms with Gasteiger partial charge in [0.2, 0.25) is 0 Å². The van der Waals surface area contributed by atoms with Gasteiger partial charge in [0.25, 0.3) is 11.8 Å². The lowest BCUT2D eigenvalue weighted by Crippen LogP contribution is -2.65. The van der Waals surface area contributed by atoms with Gasteiger partial charge in [0.15, 0.2) is 6.10 Å². The predicted octanol–water partition coefficient (Wildman–Crippen LogP) is 3.03. The fraction of sp³-hybridized carbons (Fsp3) is 0.571. The maximum Gasteiger partial charge on any atom is 0.257 e. The molecule has 37 heavy (non-hydrogen) atoms. The zero-order chi connectivity index (χ0) is 26.7. The van der Waals surface area contributed by atoms with Crippen LogP contribution in [0.5, 0.6) is 0 Å². The summed E-state index contributed by atoms with van der Waals surface area (Å²) in [5.41, 5.74) is 1.03. The number of aliphatic hydroxyl groups is 3. The molecule has 1 heterocycles. The quantitative estimate of drug-likeness (QED) is 0.389. The molecule has 4 aliphatic rings. The van der Waals surface area contributed by atoms with Gasteiger partial charge in [-0.2, -0.15) is 0 Å². The first-order valence-electron chi connectivity index (χ1n) is 13.0. The van der Waals surface area contributed by atoms with E-state index in [9.17, 15) is 29.3 Å². The normalized spacial score (nSPS) is 28.8. The van der Waals surface area contributed by atoms with Gasteiger partial charge in [0.05, 0.1) is 23.5 Å². The summed E-state index contributed by atoms with van der Waals surface area (Å²) >= 11 is 0. The summed E-state index contributed by atoms with van der Waals surface area (Å²) in [6.07, 6.45) is 3.15. The smallest absolute Gasteiger partial charge is 0.257 e. The highest BCUT2D eigenvalue weighted by atomic mass is 19.1. The molecule has 5 N–H and O–H groups in total. The van der Waals surface area contributed by atoms with Crippen LogP contribution in [0.25, 0.3) is 0 Å². The molecular weight excluding hydrogens is 477 g/mol. The SMILES string of the molecule is Cc1cc(NC(=O)c2c(C)c(C(O)C(=O)NC34CC5CC(CC(O)(C5)C3)C4)n(CCO)c2C)ccc1F. The molecule has 0 aliphatic heterocycles. The molecule has 3 unspecified atom stereocenters. The summed E-state index contributed by atoms with van der Waals surface area (Å²) in [6.45, 7) is 4.84. The van der Waals surface area contributed by atoms with E-state index in [2.05, 4.69) is 10.6 Å². The molecule has 0 spiro atoms. The van der Waals surface area contributed by atoms with Crippen molar-refractivity contribution in [3.63, 3.8) is 0 Å². The third-order valence-corrected chi connectivity index (χ3v) is 8.71. The molecule has 6 rings (SSSR count). The lowest BCUT2D eigenvalue weighted by atomic mass is 9.51. The Labute approximate surface area is 215 Å². The van der Waals surface area contributed by atoms with Gasteiger partial charge in [0, 0.05) is 23.5 Å². The molecule has 2 amide bonds. The van der Waals surface area contributed by atoms with Crippen LogP contribution >= 0.6 is 0 Å². The minimum atomic E-state index is -1.55. The highest BCUT2D eigenvalue weighted by Gasteiger charge is 2.58. The van der Waals surface area contributed by atoms with Gasteiger partial charge in [-0.3, -0.25) is 9.59 Å². The maximum atomic E-state index is 13.7. The second-order valence-corrected chi connectivity index (χ2v) is 11.6. The van der Waals surface area contributed by atoms with Crippen molar-refractivity contribution in [1.82, 2.24) is 9.88 Å². The average Bonchev–Trinajstić information content (AvgIpc) is 3.03. The number of aryl methyl sites for hydroxylation is 1. The third-order valence-electron chi connectivity index (χ3n) is 8.71. The largest absolute Gasteiger partial charge is 0.395 e. The van der Waals surface area contributed by atoms with E-state index in [0.29, 0.717) is 46.3 Å². The number of hydrogen-bond donors (Lipinski definition) is 5. The number of carbonyl (C=O) groups excluding carboxylic acids is 2. The van der Waals surface area contributed by atoms with Crippen molar-refractivity contribution >= 4 is 17.5 Å². The number of carbonyl (C=O) groups is 2. The van der Waals surface area contributed by atoms with Crippen molar-refractivity contribution in [2.24, 2.45) is 11.8 Å². The fourth-order valence-electron chi connectivity index (χ4n) is 7.72. The van der Waals surface area contributed by atoms with Crippen molar-refractivity contribution in [2.45, 2.75) is 83.1 Å². The number of nitrogens with zero attached hydrogens (tertiary/aromatic N) is 1. The molecule has 2 aromatic rings. The highest BCUT2D eigenvalue weighted by molar-refractivity contribution is 6.06. The summed E-state index contributed by atoms with van der Waals surface area (Å²) < 4.78 is 15.3. The topological polar surface area (TPSA) is 124 Å². The number of anilines is 1. The van der Waals surface area contributed by atoms with Crippen LogP contribution in [0.15, 0.2) is 18.2 Å². The number of nitrogens with one attached hydrogen (secondary N) is 2. The Hall–Kier alpha value is -2.75. The van der Waals surface area contributed by atoms with E-state index in [0.717, 1.165) is 32.1 Å². The van der Waals surface area contributed by atoms with Crippen molar-refractivity contribution < 1.29 is 29.3 Å². The second kappa shape index (κ2) is 9.22. The van der Waals surface area contributed by atoms with Gasteiger partial charge >= 0.3 is 0 Å². The molecule has 4 fully saturated rings. The molecule has 8 nitrogen and oxygen atoms in total. The molecule has 3 atom stereocenters. The van der Waals surface area contributed by atoms with E-state index in [1.165, 1.54) is 18.2 Å². The van der Waals surface area contributed by atoms with Crippen LogP contribution in [0.2, 0.25) is 0 Å². The first-order chi connectivity index (χ1) is 17.4. The van der Waals surface area contributed by atoms with Gasteiger partial charge in [-0.1, -0.05) is 0 Å². The van der Waals surface area contributed by atoms with Gasteiger partial charge in [0.1, 0.15) is 5.82 Å². The van der Waals surface area contributed by atoms with Crippen molar-refractivity contribution in [3.8, 4) is 0 Å². The van der Waals surface area contributed by atoms with E-state index in [4.69, 9.17) is 0 Å². The molecule has 1 aromatic heterocycles. The minimum Gasteiger partial charge on any atom is -0.395 e. The van der Waals surface area contributed by atoms with E-state index >= 15 is 0 Å². The molecular formula is C28H36FN3O5. The average molecular weight is 514 g/mol. The van der Waals surface area contributed by atoms with Crippen molar-refractivity contribution in [2.75, 3.05) is 11.9 Å². The molecule has 4 bridgehead atoms. The number of hydrogen-bond acceptors (Lipinski definition) is 5. The first kappa shape index (κ1) is 25.9. The molecule has 9 heteroatoms. The van der Waals surface area contributed by atoms with Crippen LogP contribution in [0.1, 0.15) is 77.5 Å². The Bertz CT molecular complexity index is 1240. The maximum absolute atomic E-state index is 13.7. The number of amides is 2. The molecule has 4 saturated carbocycles. The van der Waals surface area contributed by atoms with E-state index in [1.54, 1.807) is 25.3 Å². The van der Waals surface area contributed by atoms with Gasteiger partial charge in [-0.15, -0.1) is 0 Å². The van der Waals surface area contributed by atoms with Gasteiger partial charge < -0.3 is 30.5 Å². The van der Waals surface area contributed by atoms with Gasteiger partial charge in [-0.05, 0) is 100 Å². The lowest BCUT2D eigenvalue weighted by Gasteiger charge is -2.60. The Morgan fingerprint density at radius 2 is 1.84 bits per heavy atom. The number of aliphatic hydroxyl groups excluding tert-OH is 2. The minimum absolute atomic E-state index is 0.102. The Morgan fingerprint density at radius 1 is 1.16 bits per heavy atom. The second-order valence-electron chi connectivity index (χ2n) is 11.6. The highest BCUT2D eigenvalue weighted by Crippen LogP contribution is 2.57. The molecule has 0 radical (unpaired) electrons. The summed E-state index contributed by atoms with van der Waals surface area (Å²) in [4.78, 5) is 26.7. The van der Waals surface area contributed by atoms with Gasteiger partial charge in [-0.25, -0.2) is 4.39 Å². The standard InChI is InChI=1S/C28H36FN3O5/c1-15-8-20(4-5-21(15)29)30-25(35)22-16(2)23(32(6-7-33)17(22)3)24(34)26(36)31-27-10-18-9-19(11-27)13-28(37,12-18)14-27/h4-5,8,18-19,24,33-34,37H,6-7,9-14H2,1-3H3,(H,30,35)(H,31,36). The van der Waals surface area contributed by atoms with Crippen molar-refractivity contribution in [3.05, 3.63) is 52.1 Å². The summed E-state index contributed by atoms with van der Waals surface area (Å²) in [5, 5.41) is 37.9. The predicted molar refractivity (Wildman–Crippen MR) is 136 cm³/mol. The van der Waals surface area contributed by atoms with Crippen LogP contribution in [-0.2, 0) is 11.3 Å². The summed E-state index contributed by atoms with van der Waals surface area (Å²) in [6, 6.07) is 4.28. The van der Waals surface area contributed by atoms with Crippen LogP contribution in [-0.4, -0.2) is 49.4 Å². The Balaban J connectivity index is 1.42. The van der Waals surface area contributed by atoms with Crippen LogP contribution in [0, 0.1) is 38.4 Å². The van der Waals surface area contributed by atoms with E-state index in [1.807, 2.05) is 0 Å². The fourth-order valence-corrected chi connectivity index (χ4v) is 7.72. The number of aromatic nitrogens is 1. The zero-order valence-corrected chi connectivity index (χ0v) is 21.6. The van der Waals surface area contributed by atoms with Crippen LogP contribution in [0.4, 0.5) is 10.1 Å². The molecule has 1 aromatic carbocycles. The zero-order valence-electron chi connectivity index (χ0n) is 21.6. The Kier molecular flexibility index (Phi) is 6.45. The lowest BCUT2D eigenvalue weighted by molar-refractivity contribution is -0.155. The number of halogens is 1. The van der Waals surface area contributed by atoms with E-state index < -0.39 is 29.1 Å². The van der Waals surface area contributed by atoms with E-state index in [-0.39, 0.29) is 24.7 Å². The Morgan fingerprint density at radius 3 is 2.43 bits per heavy atom. The monoisotopic (exact) mass is 513 g/mol. The summed E-state index contributed by atoms with van der Waals surface area (Å²) in [7, 11) is 0. The van der Waals surface area contributed by atoms with Crippen molar-refractivity contribution in [1.29, 1.82) is 0 Å². The van der Waals surface area contributed by atoms with Crippen LogP contribution < -0.4 is 10.6 Å². The number of rotatable bonds is 7. The molecule has 4 aliphatic carbocycles. The molecule has 200 valence electrons. The number of benzene rings is 1. The first-order valence-corrected chi connectivity index (χ1v) is 13.0. The summed E-state index contributed by atoms with van der Waals surface area (Å²) in [5.74, 6) is -0.643. The molecule has 0 saturated heterocycles. The van der Waals surface area contributed by atoms with Crippen LogP contribution in [0.3, 0.4) is 0 Å².